The molecule has 1 aromatic heterocycles. The molecule has 1 heterocycles. The Hall–Kier alpha value is -2.10. The van der Waals surface area contributed by atoms with Gasteiger partial charge >= 0.3 is 5.97 Å². The topological polar surface area (TPSA) is 66.0 Å². The summed E-state index contributed by atoms with van der Waals surface area (Å²) in [7, 11) is 0. The molecule has 0 saturated heterocycles. The van der Waals surface area contributed by atoms with Crippen LogP contribution in [0.25, 0.3) is 0 Å². The van der Waals surface area contributed by atoms with Gasteiger partial charge in [0.1, 0.15) is 5.69 Å². The summed E-state index contributed by atoms with van der Waals surface area (Å²) in [6.07, 6.45) is 0. The van der Waals surface area contributed by atoms with Gasteiger partial charge in [0.15, 0.2) is 0 Å². The standard InChI is InChI=1S/C12H12N2O2/c1-8(9-5-3-2-4-6-9)10-7-11(12(15)16)14-13-10/h2-8H,1H3,(H,13,14)(H,15,16). The highest BCUT2D eigenvalue weighted by Crippen LogP contribution is 2.22. The van der Waals surface area contributed by atoms with Gasteiger partial charge in [0.25, 0.3) is 0 Å². The van der Waals surface area contributed by atoms with Crippen LogP contribution in [0.4, 0.5) is 0 Å². The third-order valence-electron chi connectivity index (χ3n) is 2.57. The van der Waals surface area contributed by atoms with E-state index in [2.05, 4.69) is 10.2 Å². The number of H-pyrrole nitrogens is 1. The second kappa shape index (κ2) is 4.18. The maximum absolute atomic E-state index is 10.7. The largest absolute Gasteiger partial charge is 0.477 e. The van der Waals surface area contributed by atoms with Crippen LogP contribution < -0.4 is 0 Å². The molecule has 82 valence electrons. The average Bonchev–Trinajstić information content (AvgIpc) is 2.78. The number of benzene rings is 1. The minimum absolute atomic E-state index is 0.0885. The van der Waals surface area contributed by atoms with Crippen LogP contribution in [0.5, 0.6) is 0 Å². The molecular weight excluding hydrogens is 204 g/mol. The molecule has 2 N–H and O–H groups in total. The van der Waals surface area contributed by atoms with E-state index in [0.29, 0.717) is 0 Å². The van der Waals surface area contributed by atoms with Gasteiger partial charge < -0.3 is 5.11 Å². The highest BCUT2D eigenvalue weighted by Gasteiger charge is 2.14. The first-order valence-corrected chi connectivity index (χ1v) is 5.02. The van der Waals surface area contributed by atoms with E-state index in [1.807, 2.05) is 37.3 Å². The molecule has 0 bridgehead atoms. The number of aromatic carboxylic acids is 1. The molecule has 1 atom stereocenters. The molecule has 4 nitrogen and oxygen atoms in total. The lowest BCUT2D eigenvalue weighted by Crippen LogP contribution is -1.96. The Labute approximate surface area is 92.9 Å². The van der Waals surface area contributed by atoms with Crippen molar-refractivity contribution in [2.75, 3.05) is 0 Å². The molecule has 16 heavy (non-hydrogen) atoms. The Morgan fingerprint density at radius 2 is 2.06 bits per heavy atom. The Bertz CT molecular complexity index is 491. The van der Waals surface area contributed by atoms with E-state index in [9.17, 15) is 4.79 Å². The van der Waals surface area contributed by atoms with Gasteiger partial charge in [-0.2, -0.15) is 5.10 Å². The molecule has 0 aliphatic rings. The number of hydrogen-bond acceptors (Lipinski definition) is 2. The number of carbonyl (C=O) groups is 1. The van der Waals surface area contributed by atoms with E-state index in [1.54, 1.807) is 6.07 Å². The number of aromatic nitrogens is 2. The summed E-state index contributed by atoms with van der Waals surface area (Å²) >= 11 is 0. The zero-order valence-corrected chi connectivity index (χ0v) is 8.84. The normalized spacial score (nSPS) is 12.3. The predicted octanol–water partition coefficient (Wildman–Crippen LogP) is 2.26. The van der Waals surface area contributed by atoms with Crippen molar-refractivity contribution in [2.45, 2.75) is 12.8 Å². The zero-order chi connectivity index (χ0) is 11.5. The number of hydrogen-bond donors (Lipinski definition) is 2. The number of nitrogens with zero attached hydrogens (tertiary/aromatic N) is 1. The summed E-state index contributed by atoms with van der Waals surface area (Å²) < 4.78 is 0. The van der Waals surface area contributed by atoms with Gasteiger partial charge in [-0.05, 0) is 11.6 Å². The van der Waals surface area contributed by atoms with E-state index in [1.165, 1.54) is 0 Å². The Balaban J connectivity index is 2.27. The Kier molecular flexibility index (Phi) is 2.72. The number of carboxylic acid groups (broad SMARTS) is 1. The van der Waals surface area contributed by atoms with E-state index in [4.69, 9.17) is 5.11 Å². The van der Waals surface area contributed by atoms with Crippen LogP contribution in [-0.2, 0) is 0 Å². The van der Waals surface area contributed by atoms with Crippen molar-refractivity contribution < 1.29 is 9.90 Å². The van der Waals surface area contributed by atoms with Crippen molar-refractivity contribution in [3.05, 3.63) is 53.3 Å². The quantitative estimate of drug-likeness (QED) is 0.827. The Morgan fingerprint density at radius 3 is 2.62 bits per heavy atom. The van der Waals surface area contributed by atoms with Crippen molar-refractivity contribution in [2.24, 2.45) is 0 Å². The molecule has 1 aromatic carbocycles. The summed E-state index contributed by atoms with van der Waals surface area (Å²) in [5.41, 5.74) is 1.98. The van der Waals surface area contributed by atoms with Crippen LogP contribution in [0.2, 0.25) is 0 Å². The number of rotatable bonds is 3. The number of carboxylic acids is 1. The lowest BCUT2D eigenvalue weighted by molar-refractivity contribution is 0.0690. The summed E-state index contributed by atoms with van der Waals surface area (Å²) in [6, 6.07) is 11.4. The fraction of sp³-hybridized carbons (Fsp3) is 0.167. The first kappa shape index (κ1) is 10.4. The van der Waals surface area contributed by atoms with Crippen LogP contribution in [0.3, 0.4) is 0 Å². The summed E-state index contributed by atoms with van der Waals surface area (Å²) in [5, 5.41) is 15.3. The first-order valence-electron chi connectivity index (χ1n) is 5.02. The van der Waals surface area contributed by atoms with Gasteiger partial charge in [0.05, 0.1) is 5.69 Å². The van der Waals surface area contributed by atoms with E-state index in [0.717, 1.165) is 11.3 Å². The summed E-state index contributed by atoms with van der Waals surface area (Å²) in [5.74, 6) is -0.899. The second-order valence-corrected chi connectivity index (χ2v) is 3.64. The van der Waals surface area contributed by atoms with Crippen LogP contribution in [0.15, 0.2) is 36.4 Å². The maximum atomic E-state index is 10.7. The van der Waals surface area contributed by atoms with Crippen LogP contribution in [0, 0.1) is 0 Å². The lowest BCUT2D eigenvalue weighted by atomic mass is 9.98. The fourth-order valence-electron chi connectivity index (χ4n) is 1.58. The third kappa shape index (κ3) is 1.95. The summed E-state index contributed by atoms with van der Waals surface area (Å²) in [4.78, 5) is 10.7. The molecule has 2 rings (SSSR count). The molecule has 0 amide bonds. The highest BCUT2D eigenvalue weighted by molar-refractivity contribution is 5.85. The van der Waals surface area contributed by atoms with E-state index in [-0.39, 0.29) is 11.6 Å². The highest BCUT2D eigenvalue weighted by atomic mass is 16.4. The lowest BCUT2D eigenvalue weighted by Gasteiger charge is -2.07. The van der Waals surface area contributed by atoms with Gasteiger partial charge in [-0.1, -0.05) is 37.3 Å². The molecule has 0 aliphatic heterocycles. The van der Waals surface area contributed by atoms with Gasteiger partial charge in [0.2, 0.25) is 0 Å². The van der Waals surface area contributed by atoms with Gasteiger partial charge in [-0.25, -0.2) is 4.79 Å². The predicted molar refractivity (Wildman–Crippen MR) is 59.5 cm³/mol. The third-order valence-corrected chi connectivity index (χ3v) is 2.57. The van der Waals surface area contributed by atoms with Gasteiger partial charge in [-0.15, -0.1) is 0 Å². The molecule has 0 radical (unpaired) electrons. The van der Waals surface area contributed by atoms with Crippen LogP contribution >= 0.6 is 0 Å². The fourth-order valence-corrected chi connectivity index (χ4v) is 1.58. The molecule has 2 aromatic rings. The van der Waals surface area contributed by atoms with Crippen molar-refractivity contribution in [1.82, 2.24) is 10.2 Å². The maximum Gasteiger partial charge on any atom is 0.353 e. The molecular formula is C12H12N2O2. The minimum Gasteiger partial charge on any atom is -0.477 e. The van der Waals surface area contributed by atoms with Crippen molar-refractivity contribution in [1.29, 1.82) is 0 Å². The van der Waals surface area contributed by atoms with Crippen LogP contribution in [0.1, 0.15) is 34.6 Å². The van der Waals surface area contributed by atoms with Crippen molar-refractivity contribution in [3.63, 3.8) is 0 Å². The zero-order valence-electron chi connectivity index (χ0n) is 8.84. The van der Waals surface area contributed by atoms with E-state index < -0.39 is 5.97 Å². The van der Waals surface area contributed by atoms with Gasteiger partial charge in [-0.3, -0.25) is 5.10 Å². The number of aromatic amines is 1. The molecule has 0 saturated carbocycles. The van der Waals surface area contributed by atoms with Crippen molar-refractivity contribution >= 4 is 5.97 Å². The molecule has 0 spiro atoms. The first-order chi connectivity index (χ1) is 7.68. The minimum atomic E-state index is -0.987. The Morgan fingerprint density at radius 1 is 1.38 bits per heavy atom. The molecule has 4 heteroatoms. The van der Waals surface area contributed by atoms with E-state index >= 15 is 0 Å². The monoisotopic (exact) mass is 216 g/mol. The van der Waals surface area contributed by atoms with Crippen molar-refractivity contribution in [3.8, 4) is 0 Å². The SMILES string of the molecule is CC(c1ccccc1)c1cc(C(=O)O)[nH]n1. The molecule has 0 fully saturated rings. The van der Waals surface area contributed by atoms with Crippen LogP contribution in [-0.4, -0.2) is 21.3 Å². The number of nitrogens with one attached hydrogen (secondary N) is 1. The molecule has 1 unspecified atom stereocenters. The average molecular weight is 216 g/mol. The summed E-state index contributed by atoms with van der Waals surface area (Å²) in [6.45, 7) is 2.00. The smallest absolute Gasteiger partial charge is 0.353 e. The van der Waals surface area contributed by atoms with Gasteiger partial charge in [0, 0.05) is 5.92 Å². The second-order valence-electron chi connectivity index (χ2n) is 3.64. The molecule has 0 aliphatic carbocycles.